The van der Waals surface area contributed by atoms with E-state index in [1.807, 2.05) is 6.92 Å². The fourth-order valence-corrected chi connectivity index (χ4v) is 3.39. The second-order valence-electron chi connectivity index (χ2n) is 5.76. The summed E-state index contributed by atoms with van der Waals surface area (Å²) in [5, 5.41) is 3.73. The number of hydrogen-bond donors (Lipinski definition) is 1. The van der Waals surface area contributed by atoms with Crippen molar-refractivity contribution in [3.63, 3.8) is 0 Å². The van der Waals surface area contributed by atoms with Crippen LogP contribution in [0.5, 0.6) is 0 Å². The lowest BCUT2D eigenvalue weighted by Crippen LogP contribution is -2.50. The summed E-state index contributed by atoms with van der Waals surface area (Å²) in [6.07, 6.45) is 0. The van der Waals surface area contributed by atoms with Gasteiger partial charge in [-0.1, -0.05) is 0 Å². The number of benzene rings is 1. The maximum absolute atomic E-state index is 13.4. The lowest BCUT2D eigenvalue weighted by molar-refractivity contribution is 0.185. The van der Waals surface area contributed by atoms with E-state index in [-0.39, 0.29) is 18.5 Å². The zero-order valence-corrected chi connectivity index (χ0v) is 15.0. The van der Waals surface area contributed by atoms with E-state index < -0.39 is 0 Å². The topological polar surface area (TPSA) is 70.6 Å². The largest absolute Gasteiger partial charge is 0.380 e. The van der Waals surface area contributed by atoms with Crippen molar-refractivity contribution in [2.24, 2.45) is 0 Å². The molecule has 3 rings (SSSR count). The van der Waals surface area contributed by atoms with Crippen LogP contribution in [0.4, 0.5) is 20.0 Å². The third kappa shape index (κ3) is 4.23. The monoisotopic (exact) mass is 365 g/mol. The lowest BCUT2D eigenvalue weighted by Gasteiger charge is -2.34. The molecule has 0 saturated carbocycles. The molecule has 1 saturated heterocycles. The van der Waals surface area contributed by atoms with Crippen LogP contribution in [0.15, 0.2) is 18.2 Å². The highest BCUT2D eigenvalue weighted by molar-refractivity contribution is 7.09. The van der Waals surface area contributed by atoms with Gasteiger partial charge in [-0.2, -0.15) is 4.37 Å². The van der Waals surface area contributed by atoms with Gasteiger partial charge < -0.3 is 19.9 Å². The van der Waals surface area contributed by atoms with Crippen LogP contribution in [-0.2, 0) is 11.3 Å². The normalized spacial score (nSPS) is 14.7. The second kappa shape index (κ2) is 7.75. The summed E-state index contributed by atoms with van der Waals surface area (Å²) in [5.74, 6) is 0.410. The molecule has 1 fully saturated rings. The number of amides is 2. The number of nitrogens with zero attached hydrogens (tertiary/aromatic N) is 4. The van der Waals surface area contributed by atoms with Crippen LogP contribution in [0.3, 0.4) is 0 Å². The van der Waals surface area contributed by atoms with Crippen LogP contribution < -0.4 is 10.2 Å². The Morgan fingerprint density at radius 3 is 2.76 bits per heavy atom. The van der Waals surface area contributed by atoms with E-state index in [2.05, 4.69) is 19.6 Å². The summed E-state index contributed by atoms with van der Waals surface area (Å²) < 4.78 is 22.6. The number of methoxy groups -OCH3 is 1. The average molecular weight is 365 g/mol. The van der Waals surface area contributed by atoms with Gasteiger partial charge in [-0.05, 0) is 25.1 Å². The first-order chi connectivity index (χ1) is 12.1. The van der Waals surface area contributed by atoms with Crippen LogP contribution in [0.25, 0.3) is 0 Å². The second-order valence-corrected chi connectivity index (χ2v) is 6.49. The summed E-state index contributed by atoms with van der Waals surface area (Å²) in [6, 6.07) is 4.05. The predicted molar refractivity (Wildman–Crippen MR) is 94.6 cm³/mol. The number of halogens is 1. The molecule has 0 bridgehead atoms. The van der Waals surface area contributed by atoms with Gasteiger partial charge in [0.25, 0.3) is 0 Å². The summed E-state index contributed by atoms with van der Waals surface area (Å²) in [7, 11) is 1.53. The molecule has 1 N–H and O–H groups in total. The molecule has 1 aromatic carbocycles. The number of carbonyl (C=O) groups excluding carboxylic acids is 1. The molecule has 2 aromatic rings. The Bertz CT molecular complexity index is 746. The minimum atomic E-state index is -0.356. The third-order valence-electron chi connectivity index (χ3n) is 3.96. The van der Waals surface area contributed by atoms with Crippen molar-refractivity contribution < 1.29 is 13.9 Å². The quantitative estimate of drug-likeness (QED) is 0.901. The highest BCUT2D eigenvalue weighted by atomic mass is 32.1. The Balaban J connectivity index is 1.60. The van der Waals surface area contributed by atoms with Crippen LogP contribution in [0.1, 0.15) is 11.4 Å². The first kappa shape index (κ1) is 17.6. The highest BCUT2D eigenvalue weighted by Gasteiger charge is 2.23. The average Bonchev–Trinajstić information content (AvgIpc) is 3.04. The van der Waals surface area contributed by atoms with Crippen LogP contribution in [0, 0.1) is 12.7 Å². The number of carbonyl (C=O) groups is 1. The minimum absolute atomic E-state index is 0.197. The molecule has 0 atom stereocenters. The standard InChI is InChI=1S/C16H20FN5O2S/c1-11-18-16(25-20-11)22-7-5-21(6-8-22)15(23)19-14-4-3-13(17)9-12(14)10-24-2/h3-4,9H,5-8,10H2,1-2H3,(H,19,23). The molecule has 2 amide bonds. The number of hydrogen-bond acceptors (Lipinski definition) is 6. The van der Waals surface area contributed by atoms with E-state index in [1.165, 1.54) is 30.8 Å². The highest BCUT2D eigenvalue weighted by Crippen LogP contribution is 2.21. The molecule has 9 heteroatoms. The Labute approximate surface area is 149 Å². The maximum Gasteiger partial charge on any atom is 0.321 e. The van der Waals surface area contributed by atoms with Gasteiger partial charge in [-0.15, -0.1) is 0 Å². The fourth-order valence-electron chi connectivity index (χ4n) is 2.67. The minimum Gasteiger partial charge on any atom is -0.380 e. The molecule has 25 heavy (non-hydrogen) atoms. The smallest absolute Gasteiger partial charge is 0.321 e. The summed E-state index contributed by atoms with van der Waals surface area (Å²) in [6.45, 7) is 4.69. The number of rotatable bonds is 4. The molecular weight excluding hydrogens is 345 g/mol. The van der Waals surface area contributed by atoms with Gasteiger partial charge >= 0.3 is 6.03 Å². The Morgan fingerprint density at radius 1 is 1.36 bits per heavy atom. The molecule has 0 aliphatic carbocycles. The van der Waals surface area contributed by atoms with Crippen molar-refractivity contribution in [2.45, 2.75) is 13.5 Å². The van der Waals surface area contributed by atoms with E-state index in [1.54, 1.807) is 11.0 Å². The lowest BCUT2D eigenvalue weighted by atomic mass is 10.2. The van der Waals surface area contributed by atoms with E-state index in [4.69, 9.17) is 4.74 Å². The van der Waals surface area contributed by atoms with Gasteiger partial charge in [-0.3, -0.25) is 0 Å². The Hall–Kier alpha value is -2.26. The van der Waals surface area contributed by atoms with Gasteiger partial charge in [0.15, 0.2) is 0 Å². The maximum atomic E-state index is 13.4. The van der Waals surface area contributed by atoms with Crippen molar-refractivity contribution >= 4 is 28.4 Å². The number of ether oxygens (including phenoxy) is 1. The molecular formula is C16H20FN5O2S. The number of piperazine rings is 1. The SMILES string of the molecule is COCc1cc(F)ccc1NC(=O)N1CCN(c2nc(C)ns2)CC1. The first-order valence-electron chi connectivity index (χ1n) is 7.95. The number of aryl methyl sites for hydroxylation is 1. The number of urea groups is 1. The van der Waals surface area contributed by atoms with Crippen molar-refractivity contribution in [1.82, 2.24) is 14.3 Å². The number of aromatic nitrogens is 2. The van der Waals surface area contributed by atoms with Crippen molar-refractivity contribution in [3.05, 3.63) is 35.4 Å². The van der Waals surface area contributed by atoms with Crippen molar-refractivity contribution in [3.8, 4) is 0 Å². The van der Waals surface area contributed by atoms with E-state index >= 15 is 0 Å². The van der Waals surface area contributed by atoms with E-state index in [0.29, 0.717) is 37.4 Å². The first-order valence-corrected chi connectivity index (χ1v) is 8.72. The van der Waals surface area contributed by atoms with Crippen molar-refractivity contribution in [2.75, 3.05) is 43.5 Å². The molecule has 0 spiro atoms. The summed E-state index contributed by atoms with van der Waals surface area (Å²) in [4.78, 5) is 20.7. The van der Waals surface area contributed by atoms with Gasteiger partial charge in [0.2, 0.25) is 5.13 Å². The molecule has 1 aliphatic rings. The van der Waals surface area contributed by atoms with Gasteiger partial charge in [0, 0.05) is 56.1 Å². The zero-order chi connectivity index (χ0) is 17.8. The molecule has 2 heterocycles. The molecule has 7 nitrogen and oxygen atoms in total. The number of anilines is 2. The Kier molecular flexibility index (Phi) is 5.44. The molecule has 1 aliphatic heterocycles. The van der Waals surface area contributed by atoms with Crippen LogP contribution in [0.2, 0.25) is 0 Å². The zero-order valence-electron chi connectivity index (χ0n) is 14.2. The molecule has 0 unspecified atom stereocenters. The molecule has 134 valence electrons. The summed E-state index contributed by atoms with van der Waals surface area (Å²) >= 11 is 1.37. The Morgan fingerprint density at radius 2 is 2.12 bits per heavy atom. The van der Waals surface area contributed by atoms with E-state index in [0.717, 1.165) is 11.0 Å². The van der Waals surface area contributed by atoms with Crippen LogP contribution >= 0.6 is 11.5 Å². The fraction of sp³-hybridized carbons (Fsp3) is 0.438. The number of nitrogens with one attached hydrogen (secondary N) is 1. The van der Waals surface area contributed by atoms with Gasteiger partial charge in [0.05, 0.1) is 6.61 Å². The van der Waals surface area contributed by atoms with Gasteiger partial charge in [0.1, 0.15) is 11.6 Å². The molecule has 0 radical (unpaired) electrons. The predicted octanol–water partition coefficient (Wildman–Crippen LogP) is 2.49. The van der Waals surface area contributed by atoms with Crippen LogP contribution in [-0.4, -0.2) is 53.6 Å². The third-order valence-corrected chi connectivity index (χ3v) is 4.83. The molecule has 1 aromatic heterocycles. The summed E-state index contributed by atoms with van der Waals surface area (Å²) in [5.41, 5.74) is 1.18. The van der Waals surface area contributed by atoms with Gasteiger partial charge in [-0.25, -0.2) is 14.2 Å². The van der Waals surface area contributed by atoms with Crippen molar-refractivity contribution in [1.29, 1.82) is 0 Å². The van der Waals surface area contributed by atoms with E-state index in [9.17, 15) is 9.18 Å².